The molecule has 5 atom stereocenters. The van der Waals surface area contributed by atoms with Gasteiger partial charge in [0, 0.05) is 34.4 Å². The molecule has 1 aromatic heterocycles. The number of nitrogens with one attached hydrogen (secondary N) is 2. The molecule has 5 unspecified atom stereocenters. The van der Waals surface area contributed by atoms with Gasteiger partial charge >= 0.3 is 12.1 Å². The standard InChI is InChI=1S/C38H46N4O7S/c1-8-25-20-38(25,34(45)46)41-32(43)29-19-26(48-30-17-18-39-28-12-10-9-11-27(28)30)21-42(29)33(44)31(40-35(47)49-36(3,4)5)37(6,7)50-22-24-15-13-23(2)14-16-24/h8-18,25-26,29,31H,1,19-22H2,2-7H3,(H,40,47)(H,41,43)(H,45,46). The molecular formula is C38H46N4O7S. The average Bonchev–Trinajstić information content (AvgIpc) is 3.62. The van der Waals surface area contributed by atoms with Crippen molar-refractivity contribution in [3.05, 3.63) is 84.6 Å². The molecule has 2 heterocycles. The monoisotopic (exact) mass is 702 g/mol. The Labute approximate surface area is 297 Å². The topological polar surface area (TPSA) is 147 Å². The molecule has 5 rings (SSSR count). The van der Waals surface area contributed by atoms with Gasteiger partial charge in [-0.1, -0.05) is 48.0 Å². The van der Waals surface area contributed by atoms with Crippen molar-refractivity contribution in [1.29, 1.82) is 0 Å². The van der Waals surface area contributed by atoms with Crippen molar-refractivity contribution in [2.45, 2.75) is 94.2 Å². The molecule has 0 radical (unpaired) electrons. The smallest absolute Gasteiger partial charge is 0.408 e. The molecular weight excluding hydrogens is 657 g/mol. The summed E-state index contributed by atoms with van der Waals surface area (Å²) in [6.07, 6.45) is 2.05. The minimum absolute atomic E-state index is 0.0176. The first-order valence-electron chi connectivity index (χ1n) is 16.7. The first kappa shape index (κ1) is 36.7. The van der Waals surface area contributed by atoms with Crippen molar-refractivity contribution in [3.8, 4) is 5.75 Å². The van der Waals surface area contributed by atoms with Crippen molar-refractivity contribution >= 4 is 46.5 Å². The lowest BCUT2D eigenvalue weighted by molar-refractivity contribution is -0.145. The van der Waals surface area contributed by atoms with Crippen LogP contribution < -0.4 is 15.4 Å². The Morgan fingerprint density at radius 1 is 1.10 bits per heavy atom. The Hall–Kier alpha value is -4.58. The minimum atomic E-state index is -1.49. The van der Waals surface area contributed by atoms with Crippen LogP contribution in [0.4, 0.5) is 4.79 Å². The number of pyridine rings is 1. The molecule has 3 aromatic rings. The normalized spacial score (nSPS) is 22.4. The first-order valence-corrected chi connectivity index (χ1v) is 17.7. The molecule has 1 saturated heterocycles. The summed E-state index contributed by atoms with van der Waals surface area (Å²) in [4.78, 5) is 60.1. The summed E-state index contributed by atoms with van der Waals surface area (Å²) in [6.45, 7) is 14.7. The van der Waals surface area contributed by atoms with E-state index in [1.165, 1.54) is 22.7 Å². The van der Waals surface area contributed by atoms with Gasteiger partial charge in [0.25, 0.3) is 0 Å². The van der Waals surface area contributed by atoms with E-state index in [4.69, 9.17) is 9.47 Å². The Balaban J connectivity index is 1.46. The molecule has 266 valence electrons. The fraction of sp³-hybridized carbons (Fsp3) is 0.447. The molecule has 1 aliphatic heterocycles. The minimum Gasteiger partial charge on any atom is -0.488 e. The number of hydrogen-bond donors (Lipinski definition) is 3. The summed E-state index contributed by atoms with van der Waals surface area (Å²) in [5.74, 6) is -1.63. The van der Waals surface area contributed by atoms with Gasteiger partial charge in [-0.15, -0.1) is 18.3 Å². The van der Waals surface area contributed by atoms with Crippen LogP contribution >= 0.6 is 11.8 Å². The molecule has 12 heteroatoms. The van der Waals surface area contributed by atoms with E-state index in [0.29, 0.717) is 11.5 Å². The molecule has 0 bridgehead atoms. The lowest BCUT2D eigenvalue weighted by Crippen LogP contribution is -2.61. The van der Waals surface area contributed by atoms with E-state index < -0.39 is 63.9 Å². The number of likely N-dealkylation sites (tertiary alicyclic amines) is 1. The van der Waals surface area contributed by atoms with Crippen LogP contribution in [0.1, 0.15) is 58.6 Å². The maximum absolute atomic E-state index is 14.8. The number of aromatic nitrogens is 1. The van der Waals surface area contributed by atoms with Crippen molar-refractivity contribution in [2.24, 2.45) is 5.92 Å². The van der Waals surface area contributed by atoms with E-state index in [2.05, 4.69) is 22.2 Å². The van der Waals surface area contributed by atoms with E-state index in [-0.39, 0.29) is 19.4 Å². The zero-order valence-corrected chi connectivity index (χ0v) is 30.2. The van der Waals surface area contributed by atoms with Gasteiger partial charge in [-0.3, -0.25) is 14.6 Å². The van der Waals surface area contributed by atoms with E-state index >= 15 is 0 Å². The van der Waals surface area contributed by atoms with Crippen LogP contribution in [-0.2, 0) is 24.9 Å². The van der Waals surface area contributed by atoms with Crippen LogP contribution in [0.3, 0.4) is 0 Å². The molecule has 50 heavy (non-hydrogen) atoms. The number of aliphatic carboxylic acids is 1. The fourth-order valence-electron chi connectivity index (χ4n) is 6.21. The summed E-state index contributed by atoms with van der Waals surface area (Å²) in [6, 6.07) is 15.1. The molecule has 2 aromatic carbocycles. The molecule has 2 aliphatic rings. The van der Waals surface area contributed by atoms with E-state index in [1.54, 1.807) is 33.0 Å². The van der Waals surface area contributed by atoms with Gasteiger partial charge in [-0.25, -0.2) is 9.59 Å². The Kier molecular flexibility index (Phi) is 10.5. The number of benzene rings is 2. The van der Waals surface area contributed by atoms with Crippen LogP contribution in [0.25, 0.3) is 10.9 Å². The number of rotatable bonds is 12. The highest BCUT2D eigenvalue weighted by atomic mass is 32.2. The summed E-state index contributed by atoms with van der Waals surface area (Å²) in [5.41, 5.74) is 0.588. The lowest BCUT2D eigenvalue weighted by atomic mass is 10.0. The number of thioether (sulfide) groups is 1. The van der Waals surface area contributed by atoms with Crippen LogP contribution in [0, 0.1) is 12.8 Å². The van der Waals surface area contributed by atoms with Gasteiger partial charge in [0.15, 0.2) is 0 Å². The van der Waals surface area contributed by atoms with E-state index in [0.717, 1.165) is 22.0 Å². The lowest BCUT2D eigenvalue weighted by Gasteiger charge is -2.37. The predicted molar refractivity (Wildman–Crippen MR) is 193 cm³/mol. The molecule has 0 spiro atoms. The van der Waals surface area contributed by atoms with Gasteiger partial charge in [0.05, 0.1) is 12.1 Å². The van der Waals surface area contributed by atoms with Gasteiger partial charge < -0.3 is 30.1 Å². The third-order valence-electron chi connectivity index (χ3n) is 9.11. The highest BCUT2D eigenvalue weighted by molar-refractivity contribution is 7.99. The molecule has 3 N–H and O–H groups in total. The fourth-order valence-corrected chi connectivity index (χ4v) is 7.26. The summed E-state index contributed by atoms with van der Waals surface area (Å²) >= 11 is 1.49. The number of carboxylic acids is 1. The van der Waals surface area contributed by atoms with Gasteiger partial charge in [-0.2, -0.15) is 0 Å². The molecule has 2 fully saturated rings. The molecule has 3 amide bonds. The third kappa shape index (κ3) is 8.23. The number of nitrogens with zero attached hydrogens (tertiary/aromatic N) is 2. The average molecular weight is 703 g/mol. The number of para-hydroxylation sites is 1. The number of carbonyl (C=O) groups is 4. The van der Waals surface area contributed by atoms with E-state index in [1.807, 2.05) is 69.3 Å². The molecule has 1 aliphatic carbocycles. The highest BCUT2D eigenvalue weighted by Gasteiger charge is 2.61. The number of hydrogen-bond acceptors (Lipinski definition) is 8. The maximum atomic E-state index is 14.8. The second kappa shape index (κ2) is 14.3. The van der Waals surface area contributed by atoms with Gasteiger partial charge in [0.1, 0.15) is 35.1 Å². The van der Waals surface area contributed by atoms with Crippen molar-refractivity contribution in [3.63, 3.8) is 0 Å². The van der Waals surface area contributed by atoms with Crippen LogP contribution in [0.5, 0.6) is 5.75 Å². The Bertz CT molecular complexity index is 1770. The first-order chi connectivity index (χ1) is 23.5. The number of fused-ring (bicyclic) bond motifs is 1. The number of alkyl carbamates (subject to hydrolysis) is 1. The SMILES string of the molecule is C=CC1CC1(NC(=O)C1CC(Oc2ccnc3ccccc23)CN1C(=O)C(NC(=O)OC(C)(C)C)C(C)(C)SCc1ccc(C)cc1)C(=O)O. The zero-order chi connectivity index (χ0) is 36.4. The van der Waals surface area contributed by atoms with Crippen molar-refractivity contribution in [1.82, 2.24) is 20.5 Å². The quantitative estimate of drug-likeness (QED) is 0.204. The summed E-state index contributed by atoms with van der Waals surface area (Å²) in [7, 11) is 0. The zero-order valence-electron chi connectivity index (χ0n) is 29.4. The Morgan fingerprint density at radius 2 is 1.80 bits per heavy atom. The number of amides is 3. The van der Waals surface area contributed by atoms with Gasteiger partial charge in [0.2, 0.25) is 11.8 Å². The van der Waals surface area contributed by atoms with Crippen LogP contribution in [0.2, 0.25) is 0 Å². The number of ether oxygens (including phenoxy) is 2. The number of carbonyl (C=O) groups excluding carboxylic acids is 3. The second-order valence-electron chi connectivity index (χ2n) is 14.6. The van der Waals surface area contributed by atoms with Gasteiger partial charge in [-0.05, 0) is 71.7 Å². The molecule has 11 nitrogen and oxygen atoms in total. The second-order valence-corrected chi connectivity index (χ2v) is 16.2. The van der Waals surface area contributed by atoms with Crippen molar-refractivity contribution < 1.29 is 33.8 Å². The molecule has 1 saturated carbocycles. The third-order valence-corrected chi connectivity index (χ3v) is 10.6. The number of carboxylic acid groups (broad SMARTS) is 1. The Morgan fingerprint density at radius 3 is 2.44 bits per heavy atom. The number of aryl methyl sites for hydroxylation is 1. The summed E-state index contributed by atoms with van der Waals surface area (Å²) in [5, 5.41) is 16.4. The maximum Gasteiger partial charge on any atom is 0.408 e. The predicted octanol–water partition coefficient (Wildman–Crippen LogP) is 5.64. The van der Waals surface area contributed by atoms with Crippen LogP contribution in [0.15, 0.2) is 73.4 Å². The van der Waals surface area contributed by atoms with Crippen LogP contribution in [-0.4, -0.2) is 79.5 Å². The van der Waals surface area contributed by atoms with Crippen molar-refractivity contribution in [2.75, 3.05) is 6.54 Å². The van der Waals surface area contributed by atoms with E-state index in [9.17, 15) is 24.3 Å². The highest BCUT2D eigenvalue weighted by Crippen LogP contribution is 2.45. The largest absolute Gasteiger partial charge is 0.488 e. The summed E-state index contributed by atoms with van der Waals surface area (Å²) < 4.78 is 11.1.